The van der Waals surface area contributed by atoms with Crippen LogP contribution in [0.25, 0.3) is 16.3 Å². The van der Waals surface area contributed by atoms with Crippen LogP contribution in [0.1, 0.15) is 30.8 Å². The summed E-state index contributed by atoms with van der Waals surface area (Å²) in [5.74, 6) is 0.0139. The van der Waals surface area contributed by atoms with Crippen LogP contribution in [0.5, 0.6) is 0 Å². The van der Waals surface area contributed by atoms with Crippen LogP contribution in [-0.4, -0.2) is 50.3 Å². The molecular weight excluding hydrogens is 334 g/mol. The molecule has 4 heterocycles. The van der Waals surface area contributed by atoms with Gasteiger partial charge >= 0.3 is 0 Å². The Kier molecular flexibility index (Phi) is 4.27. The average Bonchev–Trinajstić information content (AvgIpc) is 3.34. The molecule has 3 aromatic heterocycles. The molecule has 0 radical (unpaired) electrons. The van der Waals surface area contributed by atoms with Crippen molar-refractivity contribution in [1.29, 1.82) is 0 Å². The van der Waals surface area contributed by atoms with Gasteiger partial charge in [0.25, 0.3) is 5.91 Å². The minimum absolute atomic E-state index is 0.0139. The SMILES string of the molecule is CC(C)N(C(=O)c1csc(-c2cnc3ccccn23)n1)[C@H]1CCNC1. The highest BCUT2D eigenvalue weighted by molar-refractivity contribution is 7.13. The predicted molar refractivity (Wildman–Crippen MR) is 98.9 cm³/mol. The molecule has 25 heavy (non-hydrogen) atoms. The van der Waals surface area contributed by atoms with E-state index in [1.807, 2.05) is 45.3 Å². The van der Waals surface area contributed by atoms with Crippen LogP contribution in [0.15, 0.2) is 36.0 Å². The van der Waals surface area contributed by atoms with Crippen LogP contribution < -0.4 is 5.32 Å². The first-order chi connectivity index (χ1) is 12.1. The summed E-state index contributed by atoms with van der Waals surface area (Å²) in [7, 11) is 0. The van der Waals surface area contributed by atoms with E-state index in [9.17, 15) is 4.79 Å². The summed E-state index contributed by atoms with van der Waals surface area (Å²) in [6.45, 7) is 5.95. The lowest BCUT2D eigenvalue weighted by atomic mass is 10.1. The number of rotatable bonds is 4. The van der Waals surface area contributed by atoms with Crippen molar-refractivity contribution in [3.8, 4) is 10.7 Å². The van der Waals surface area contributed by atoms with Crippen LogP contribution in [0.4, 0.5) is 0 Å². The van der Waals surface area contributed by atoms with Gasteiger partial charge in [-0.25, -0.2) is 9.97 Å². The maximum atomic E-state index is 13.0. The number of fused-ring (bicyclic) bond motifs is 1. The largest absolute Gasteiger partial charge is 0.331 e. The van der Waals surface area contributed by atoms with Gasteiger partial charge in [0, 0.05) is 30.2 Å². The second kappa shape index (κ2) is 6.57. The van der Waals surface area contributed by atoms with Crippen molar-refractivity contribution in [3.05, 3.63) is 41.7 Å². The third-order valence-corrected chi connectivity index (χ3v) is 5.44. The summed E-state index contributed by atoms with van der Waals surface area (Å²) < 4.78 is 1.99. The van der Waals surface area contributed by atoms with E-state index < -0.39 is 0 Å². The number of pyridine rings is 1. The lowest BCUT2D eigenvalue weighted by Crippen LogP contribution is -2.46. The molecule has 1 fully saturated rings. The number of imidazole rings is 1. The molecule has 0 aromatic carbocycles. The van der Waals surface area contributed by atoms with Gasteiger partial charge in [-0.05, 0) is 38.9 Å². The van der Waals surface area contributed by atoms with Gasteiger partial charge in [0.2, 0.25) is 0 Å². The van der Waals surface area contributed by atoms with Gasteiger partial charge in [-0.2, -0.15) is 0 Å². The molecule has 0 aliphatic carbocycles. The monoisotopic (exact) mass is 355 g/mol. The highest BCUT2D eigenvalue weighted by atomic mass is 32.1. The van der Waals surface area contributed by atoms with E-state index in [4.69, 9.17) is 0 Å². The fourth-order valence-corrected chi connectivity index (χ4v) is 4.21. The highest BCUT2D eigenvalue weighted by Crippen LogP contribution is 2.26. The van der Waals surface area contributed by atoms with Crippen molar-refractivity contribution >= 4 is 22.9 Å². The molecular formula is C18H21N5OS. The Morgan fingerprint density at radius 3 is 3.08 bits per heavy atom. The number of carbonyl (C=O) groups excluding carboxylic acids is 1. The summed E-state index contributed by atoms with van der Waals surface area (Å²) in [5.41, 5.74) is 2.31. The number of hydrogen-bond acceptors (Lipinski definition) is 5. The topological polar surface area (TPSA) is 62.5 Å². The van der Waals surface area contributed by atoms with Crippen molar-refractivity contribution in [2.45, 2.75) is 32.4 Å². The Hall–Kier alpha value is -2.25. The van der Waals surface area contributed by atoms with E-state index in [0.29, 0.717) is 5.69 Å². The number of nitrogens with zero attached hydrogens (tertiary/aromatic N) is 4. The molecule has 4 rings (SSSR count). The Morgan fingerprint density at radius 2 is 2.32 bits per heavy atom. The van der Waals surface area contributed by atoms with Gasteiger partial charge < -0.3 is 10.2 Å². The maximum Gasteiger partial charge on any atom is 0.273 e. The Morgan fingerprint density at radius 1 is 1.44 bits per heavy atom. The fourth-order valence-electron chi connectivity index (χ4n) is 3.41. The molecule has 3 aromatic rings. The van der Waals surface area contributed by atoms with Crippen LogP contribution in [0.2, 0.25) is 0 Å². The number of amides is 1. The first-order valence-corrected chi connectivity index (χ1v) is 9.44. The molecule has 1 aliphatic heterocycles. The molecule has 0 bridgehead atoms. The molecule has 7 heteroatoms. The minimum atomic E-state index is 0.0139. The van der Waals surface area contributed by atoms with E-state index in [0.717, 1.165) is 35.9 Å². The van der Waals surface area contributed by atoms with E-state index in [2.05, 4.69) is 29.1 Å². The van der Waals surface area contributed by atoms with E-state index in [1.165, 1.54) is 11.3 Å². The third kappa shape index (κ3) is 2.94. The fraction of sp³-hybridized carbons (Fsp3) is 0.389. The van der Waals surface area contributed by atoms with Crippen molar-refractivity contribution in [3.63, 3.8) is 0 Å². The zero-order valence-electron chi connectivity index (χ0n) is 14.3. The highest BCUT2D eigenvalue weighted by Gasteiger charge is 2.30. The Labute approximate surface area is 150 Å². The molecule has 1 aliphatic rings. The first-order valence-electron chi connectivity index (χ1n) is 8.56. The van der Waals surface area contributed by atoms with Crippen molar-refractivity contribution in [2.24, 2.45) is 0 Å². The summed E-state index contributed by atoms with van der Waals surface area (Å²) in [6.07, 6.45) is 4.77. The third-order valence-electron chi connectivity index (χ3n) is 4.58. The lowest BCUT2D eigenvalue weighted by Gasteiger charge is -2.31. The normalized spacial score (nSPS) is 17.5. The van der Waals surface area contributed by atoms with E-state index >= 15 is 0 Å². The summed E-state index contributed by atoms with van der Waals surface area (Å²) in [5, 5.41) is 6.01. The molecule has 0 saturated carbocycles. The smallest absolute Gasteiger partial charge is 0.273 e. The Balaban J connectivity index is 1.65. The quantitative estimate of drug-likeness (QED) is 0.782. The lowest BCUT2D eigenvalue weighted by molar-refractivity contribution is 0.0621. The van der Waals surface area contributed by atoms with Gasteiger partial charge in [0.05, 0.1) is 6.20 Å². The molecule has 0 spiro atoms. The van der Waals surface area contributed by atoms with Crippen LogP contribution in [0, 0.1) is 0 Å². The zero-order chi connectivity index (χ0) is 17.4. The zero-order valence-corrected chi connectivity index (χ0v) is 15.2. The van der Waals surface area contributed by atoms with Crippen LogP contribution in [-0.2, 0) is 0 Å². The van der Waals surface area contributed by atoms with Crippen molar-refractivity contribution in [2.75, 3.05) is 13.1 Å². The van der Waals surface area contributed by atoms with Crippen LogP contribution >= 0.6 is 11.3 Å². The second-order valence-corrected chi connectivity index (χ2v) is 7.42. The van der Waals surface area contributed by atoms with Gasteiger partial charge in [-0.3, -0.25) is 9.20 Å². The number of thiazole rings is 1. The minimum Gasteiger partial charge on any atom is -0.331 e. The molecule has 130 valence electrons. The van der Waals surface area contributed by atoms with Gasteiger partial charge in [-0.1, -0.05) is 6.07 Å². The summed E-state index contributed by atoms with van der Waals surface area (Å²) >= 11 is 1.49. The van der Waals surface area contributed by atoms with E-state index in [-0.39, 0.29) is 18.0 Å². The molecule has 1 amide bonds. The van der Waals surface area contributed by atoms with Crippen molar-refractivity contribution in [1.82, 2.24) is 24.6 Å². The molecule has 0 unspecified atom stereocenters. The molecule has 6 nitrogen and oxygen atoms in total. The first kappa shape index (κ1) is 16.2. The van der Waals surface area contributed by atoms with Gasteiger partial charge in [0.15, 0.2) is 0 Å². The second-order valence-electron chi connectivity index (χ2n) is 6.56. The van der Waals surface area contributed by atoms with E-state index in [1.54, 1.807) is 0 Å². The number of hydrogen-bond donors (Lipinski definition) is 1. The predicted octanol–water partition coefficient (Wildman–Crippen LogP) is 2.67. The van der Waals surface area contributed by atoms with Crippen molar-refractivity contribution < 1.29 is 4.79 Å². The van der Waals surface area contributed by atoms with Gasteiger partial charge in [0.1, 0.15) is 22.0 Å². The number of carbonyl (C=O) groups is 1. The summed E-state index contributed by atoms with van der Waals surface area (Å²) in [4.78, 5) is 24.0. The molecule has 1 atom stereocenters. The Bertz CT molecular complexity index is 894. The van der Waals surface area contributed by atoms with Crippen LogP contribution in [0.3, 0.4) is 0 Å². The summed E-state index contributed by atoms with van der Waals surface area (Å²) in [6, 6.07) is 6.27. The van der Waals surface area contributed by atoms with Gasteiger partial charge in [-0.15, -0.1) is 11.3 Å². The molecule has 1 N–H and O–H groups in total. The standard InChI is InChI=1S/C18H21N5OS/c1-12(2)23(13-6-7-19-9-13)18(24)14-11-25-17(21-14)15-10-20-16-5-3-4-8-22(15)16/h3-5,8,10-13,19H,6-7,9H2,1-2H3/t13-/m0/s1. The number of aromatic nitrogens is 3. The maximum absolute atomic E-state index is 13.0. The number of nitrogens with one attached hydrogen (secondary N) is 1. The average molecular weight is 355 g/mol. The molecule has 1 saturated heterocycles.